The third-order valence-corrected chi connectivity index (χ3v) is 3.49. The molecule has 0 radical (unpaired) electrons. The average Bonchev–Trinajstić information content (AvgIpc) is 2.46. The van der Waals surface area contributed by atoms with Crippen molar-refractivity contribution in [3.63, 3.8) is 0 Å². The minimum atomic E-state index is -0.0852. The van der Waals surface area contributed by atoms with Crippen LogP contribution in [0.5, 0.6) is 0 Å². The summed E-state index contributed by atoms with van der Waals surface area (Å²) < 4.78 is 0. The molecule has 5 heteroatoms. The van der Waals surface area contributed by atoms with E-state index in [0.717, 1.165) is 24.1 Å². The molecule has 1 aromatic carbocycles. The topological polar surface area (TPSA) is 79.2 Å². The molecule has 104 valence electrons. The molecule has 0 atom stereocenters. The minimum absolute atomic E-state index is 0.0852. The summed E-state index contributed by atoms with van der Waals surface area (Å²) in [6, 6.07) is 7.92. The molecule has 0 unspecified atom stereocenters. The number of hydrazine groups is 1. The van der Waals surface area contributed by atoms with Crippen molar-refractivity contribution in [1.29, 1.82) is 0 Å². The maximum atomic E-state index is 11.8. The zero-order valence-corrected chi connectivity index (χ0v) is 11.1. The van der Waals surface area contributed by atoms with E-state index in [4.69, 9.17) is 5.84 Å². The summed E-state index contributed by atoms with van der Waals surface area (Å²) in [5, 5.41) is 5.91. The van der Waals surface area contributed by atoms with Gasteiger partial charge in [-0.25, -0.2) is 4.79 Å². The molecule has 1 saturated carbocycles. The van der Waals surface area contributed by atoms with Gasteiger partial charge < -0.3 is 16.1 Å². The molecule has 2 rings (SSSR count). The number of carbonyl (C=O) groups is 1. The molecule has 1 aliphatic rings. The Hall–Kier alpha value is -1.75. The molecule has 2 amide bonds. The Labute approximate surface area is 113 Å². The van der Waals surface area contributed by atoms with Crippen molar-refractivity contribution in [3.8, 4) is 0 Å². The van der Waals surface area contributed by atoms with Crippen LogP contribution in [0.15, 0.2) is 24.3 Å². The third-order valence-electron chi connectivity index (χ3n) is 3.49. The molecule has 5 N–H and O–H groups in total. The first-order valence-corrected chi connectivity index (χ1v) is 6.88. The van der Waals surface area contributed by atoms with Crippen LogP contribution in [0.25, 0.3) is 0 Å². The summed E-state index contributed by atoms with van der Waals surface area (Å²) in [6.45, 7) is 0.508. The highest BCUT2D eigenvalue weighted by Crippen LogP contribution is 2.17. The predicted molar refractivity (Wildman–Crippen MR) is 76.5 cm³/mol. The van der Waals surface area contributed by atoms with Crippen LogP contribution in [-0.2, 0) is 6.54 Å². The van der Waals surface area contributed by atoms with Gasteiger partial charge in [0.15, 0.2) is 0 Å². The van der Waals surface area contributed by atoms with Gasteiger partial charge in [-0.3, -0.25) is 5.84 Å². The van der Waals surface area contributed by atoms with Crippen LogP contribution < -0.4 is 21.9 Å². The Kier molecular flexibility index (Phi) is 5.03. The molecule has 0 bridgehead atoms. The number of nitrogens with one attached hydrogen (secondary N) is 3. The van der Waals surface area contributed by atoms with Crippen LogP contribution in [0.4, 0.5) is 10.5 Å². The largest absolute Gasteiger partial charge is 0.335 e. The molecule has 1 aliphatic carbocycles. The second-order valence-corrected chi connectivity index (χ2v) is 5.01. The Morgan fingerprint density at radius 2 is 2.05 bits per heavy atom. The number of anilines is 1. The molecular formula is C14H22N4O. The zero-order chi connectivity index (χ0) is 13.5. The number of hydrogen-bond acceptors (Lipinski definition) is 3. The lowest BCUT2D eigenvalue weighted by Gasteiger charge is -2.22. The van der Waals surface area contributed by atoms with Gasteiger partial charge in [0.25, 0.3) is 0 Å². The highest BCUT2D eigenvalue weighted by Gasteiger charge is 2.15. The summed E-state index contributed by atoms with van der Waals surface area (Å²) in [5.74, 6) is 5.35. The van der Waals surface area contributed by atoms with Crippen LogP contribution in [0, 0.1) is 0 Å². The molecule has 0 heterocycles. The molecule has 1 fully saturated rings. The molecule has 0 spiro atoms. The molecule has 5 nitrogen and oxygen atoms in total. The van der Waals surface area contributed by atoms with E-state index < -0.39 is 0 Å². The van der Waals surface area contributed by atoms with Gasteiger partial charge >= 0.3 is 6.03 Å². The van der Waals surface area contributed by atoms with Crippen molar-refractivity contribution in [1.82, 2.24) is 10.6 Å². The van der Waals surface area contributed by atoms with Crippen molar-refractivity contribution in [2.24, 2.45) is 5.84 Å². The van der Waals surface area contributed by atoms with Crippen LogP contribution in [0.2, 0.25) is 0 Å². The Balaban J connectivity index is 1.76. The van der Waals surface area contributed by atoms with Gasteiger partial charge in [-0.1, -0.05) is 31.4 Å². The number of urea groups is 1. The fraction of sp³-hybridized carbons (Fsp3) is 0.500. The van der Waals surface area contributed by atoms with Gasteiger partial charge in [0.2, 0.25) is 0 Å². The number of nitrogens with two attached hydrogens (primary N) is 1. The fourth-order valence-electron chi connectivity index (χ4n) is 2.44. The summed E-state index contributed by atoms with van der Waals surface area (Å²) in [6.07, 6.45) is 5.92. The first-order chi connectivity index (χ1) is 9.28. The van der Waals surface area contributed by atoms with E-state index in [1.165, 1.54) is 19.3 Å². The van der Waals surface area contributed by atoms with Crippen LogP contribution >= 0.6 is 0 Å². The third kappa shape index (κ3) is 4.44. The van der Waals surface area contributed by atoms with E-state index >= 15 is 0 Å². The molecular weight excluding hydrogens is 240 g/mol. The maximum Gasteiger partial charge on any atom is 0.315 e. The van der Waals surface area contributed by atoms with Crippen LogP contribution in [0.1, 0.15) is 37.7 Å². The highest BCUT2D eigenvalue weighted by molar-refractivity contribution is 5.74. The number of carbonyl (C=O) groups excluding carboxylic acids is 1. The summed E-state index contributed by atoms with van der Waals surface area (Å²) >= 11 is 0. The lowest BCUT2D eigenvalue weighted by atomic mass is 9.96. The SMILES string of the molecule is NNc1cccc(CNC(=O)NC2CCCCC2)c1. The number of amides is 2. The van der Waals surface area contributed by atoms with Crippen LogP contribution in [-0.4, -0.2) is 12.1 Å². The van der Waals surface area contributed by atoms with Gasteiger partial charge in [-0.15, -0.1) is 0 Å². The first kappa shape index (κ1) is 13.7. The van der Waals surface area contributed by atoms with Gasteiger partial charge in [0, 0.05) is 18.3 Å². The first-order valence-electron chi connectivity index (χ1n) is 6.88. The molecule has 0 aromatic heterocycles. The Morgan fingerprint density at radius 3 is 2.79 bits per heavy atom. The van der Waals surface area contributed by atoms with Crippen molar-refractivity contribution < 1.29 is 4.79 Å². The molecule has 19 heavy (non-hydrogen) atoms. The van der Waals surface area contributed by atoms with E-state index in [0.29, 0.717) is 12.6 Å². The van der Waals surface area contributed by atoms with Crippen molar-refractivity contribution in [2.45, 2.75) is 44.7 Å². The Morgan fingerprint density at radius 1 is 1.26 bits per heavy atom. The monoisotopic (exact) mass is 262 g/mol. The molecule has 0 aliphatic heterocycles. The zero-order valence-electron chi connectivity index (χ0n) is 11.1. The van der Waals surface area contributed by atoms with Gasteiger partial charge in [-0.2, -0.15) is 0 Å². The fourth-order valence-corrected chi connectivity index (χ4v) is 2.44. The van der Waals surface area contributed by atoms with E-state index in [1.54, 1.807) is 0 Å². The maximum absolute atomic E-state index is 11.8. The lowest BCUT2D eigenvalue weighted by Crippen LogP contribution is -2.42. The van der Waals surface area contributed by atoms with Gasteiger partial charge in [-0.05, 0) is 30.5 Å². The number of hydrogen-bond donors (Lipinski definition) is 4. The van der Waals surface area contributed by atoms with E-state index in [2.05, 4.69) is 16.1 Å². The second kappa shape index (κ2) is 6.99. The number of rotatable bonds is 4. The van der Waals surface area contributed by atoms with E-state index in [1.807, 2.05) is 24.3 Å². The quantitative estimate of drug-likeness (QED) is 0.495. The normalized spacial score (nSPS) is 15.8. The average molecular weight is 262 g/mol. The van der Waals surface area contributed by atoms with E-state index in [-0.39, 0.29) is 6.03 Å². The predicted octanol–water partition coefficient (Wildman–Crippen LogP) is 2.10. The number of benzene rings is 1. The van der Waals surface area contributed by atoms with Crippen molar-refractivity contribution in [3.05, 3.63) is 29.8 Å². The molecule has 0 saturated heterocycles. The smallest absolute Gasteiger partial charge is 0.315 e. The highest BCUT2D eigenvalue weighted by atomic mass is 16.2. The lowest BCUT2D eigenvalue weighted by molar-refractivity contribution is 0.232. The van der Waals surface area contributed by atoms with Crippen molar-refractivity contribution >= 4 is 11.7 Å². The number of nitrogen functional groups attached to an aromatic ring is 1. The standard InChI is InChI=1S/C14H22N4O/c15-18-13-8-4-5-11(9-13)10-16-14(19)17-12-6-2-1-3-7-12/h4-5,8-9,12,18H,1-3,6-7,10,15H2,(H2,16,17,19). The van der Waals surface area contributed by atoms with Crippen LogP contribution in [0.3, 0.4) is 0 Å². The summed E-state index contributed by atoms with van der Waals surface area (Å²) in [4.78, 5) is 11.8. The minimum Gasteiger partial charge on any atom is -0.335 e. The van der Waals surface area contributed by atoms with Gasteiger partial charge in [0.05, 0.1) is 0 Å². The van der Waals surface area contributed by atoms with E-state index in [9.17, 15) is 4.79 Å². The molecule has 1 aromatic rings. The summed E-state index contributed by atoms with van der Waals surface area (Å²) in [5.41, 5.74) is 4.45. The van der Waals surface area contributed by atoms with Crippen molar-refractivity contribution in [2.75, 3.05) is 5.43 Å². The van der Waals surface area contributed by atoms with Gasteiger partial charge in [0.1, 0.15) is 0 Å². The Bertz CT molecular complexity index is 416. The second-order valence-electron chi connectivity index (χ2n) is 5.01. The summed E-state index contributed by atoms with van der Waals surface area (Å²) in [7, 11) is 0.